The summed E-state index contributed by atoms with van der Waals surface area (Å²) >= 11 is 0. The molecular weight excluding hydrogens is 178 g/mol. The molecule has 2 heterocycles. The van der Waals surface area contributed by atoms with Crippen LogP contribution in [0.25, 0.3) is 16.6 Å². The molecule has 14 heavy (non-hydrogen) atoms. The maximum atomic E-state index is 5.51. The van der Waals surface area contributed by atoms with Gasteiger partial charge in [0.05, 0.1) is 5.52 Å². The Morgan fingerprint density at radius 2 is 2.07 bits per heavy atom. The molecule has 3 aromatic rings. The maximum Gasteiger partial charge on any atom is 0.240 e. The van der Waals surface area contributed by atoms with Crippen molar-refractivity contribution in [2.24, 2.45) is 0 Å². The van der Waals surface area contributed by atoms with Crippen molar-refractivity contribution in [2.75, 3.05) is 5.73 Å². The van der Waals surface area contributed by atoms with Gasteiger partial charge in [-0.05, 0) is 12.1 Å². The lowest BCUT2D eigenvalue weighted by atomic mass is 10.2. The Morgan fingerprint density at radius 1 is 1.21 bits per heavy atom. The third kappa shape index (κ3) is 0.861. The average Bonchev–Trinajstić information content (AvgIpc) is 2.59. The van der Waals surface area contributed by atoms with Gasteiger partial charge in [-0.1, -0.05) is 12.1 Å². The van der Waals surface area contributed by atoms with Crippen LogP contribution in [0.5, 0.6) is 0 Å². The lowest BCUT2D eigenvalue weighted by Gasteiger charge is -1.96. The van der Waals surface area contributed by atoms with E-state index in [0.717, 1.165) is 16.6 Å². The van der Waals surface area contributed by atoms with Gasteiger partial charge in [-0.2, -0.15) is 9.50 Å². The number of anilines is 1. The molecular formula is C9H7N5. The fraction of sp³-hybridized carbons (Fsp3) is 0. The smallest absolute Gasteiger partial charge is 0.240 e. The topological polar surface area (TPSA) is 69.1 Å². The summed E-state index contributed by atoms with van der Waals surface area (Å²) < 4.78 is 1.58. The van der Waals surface area contributed by atoms with E-state index in [2.05, 4.69) is 15.1 Å². The van der Waals surface area contributed by atoms with Crippen molar-refractivity contribution in [3.05, 3.63) is 30.6 Å². The molecule has 0 aliphatic heterocycles. The Hall–Kier alpha value is -2.17. The van der Waals surface area contributed by atoms with Crippen molar-refractivity contribution in [1.82, 2.24) is 19.6 Å². The second kappa shape index (κ2) is 2.41. The first-order chi connectivity index (χ1) is 6.84. The van der Waals surface area contributed by atoms with E-state index in [4.69, 9.17) is 5.73 Å². The first-order valence-electron chi connectivity index (χ1n) is 4.20. The molecule has 5 nitrogen and oxygen atoms in total. The van der Waals surface area contributed by atoms with Gasteiger partial charge in [-0.15, -0.1) is 5.10 Å². The Bertz CT molecular complexity index is 613. The van der Waals surface area contributed by atoms with Gasteiger partial charge in [0.25, 0.3) is 0 Å². The third-order valence-corrected chi connectivity index (χ3v) is 2.10. The Morgan fingerprint density at radius 3 is 3.00 bits per heavy atom. The molecule has 0 spiro atoms. The Balaban J connectivity index is 2.60. The van der Waals surface area contributed by atoms with Gasteiger partial charge >= 0.3 is 0 Å². The summed E-state index contributed by atoms with van der Waals surface area (Å²) in [4.78, 5) is 8.36. The van der Waals surface area contributed by atoms with Crippen LogP contribution in [0.1, 0.15) is 0 Å². The van der Waals surface area contributed by atoms with Crippen LogP contribution >= 0.6 is 0 Å². The minimum absolute atomic E-state index is 0.267. The highest BCUT2D eigenvalue weighted by Crippen LogP contribution is 2.15. The van der Waals surface area contributed by atoms with E-state index in [0.29, 0.717) is 0 Å². The molecule has 68 valence electrons. The van der Waals surface area contributed by atoms with E-state index in [-0.39, 0.29) is 5.95 Å². The first-order valence-corrected chi connectivity index (χ1v) is 4.20. The monoisotopic (exact) mass is 185 g/mol. The molecule has 0 fully saturated rings. The number of benzene rings is 1. The molecule has 5 heteroatoms. The van der Waals surface area contributed by atoms with Crippen molar-refractivity contribution in [1.29, 1.82) is 0 Å². The van der Waals surface area contributed by atoms with E-state index in [1.54, 1.807) is 10.8 Å². The highest BCUT2D eigenvalue weighted by Gasteiger charge is 2.04. The van der Waals surface area contributed by atoms with Crippen LogP contribution in [0.3, 0.4) is 0 Å². The summed E-state index contributed by atoms with van der Waals surface area (Å²) in [7, 11) is 0. The second-order valence-electron chi connectivity index (χ2n) is 3.00. The number of para-hydroxylation sites is 1. The van der Waals surface area contributed by atoms with Crippen molar-refractivity contribution in [2.45, 2.75) is 0 Å². The normalized spacial score (nSPS) is 11.1. The predicted molar refractivity (Wildman–Crippen MR) is 52.7 cm³/mol. The zero-order valence-electron chi connectivity index (χ0n) is 7.25. The standard InChI is InChI=1S/C9H7N5/c10-9-12-8-6-3-1-2-4-7(6)11-5-14(8)13-9/h1-5H,(H2,10,13). The number of rotatable bonds is 0. The SMILES string of the molecule is Nc1nc2c3ccccc3ncn2n1. The summed E-state index contributed by atoms with van der Waals surface area (Å²) in [6, 6.07) is 7.76. The number of fused-ring (bicyclic) bond motifs is 3. The van der Waals surface area contributed by atoms with Gasteiger partial charge in [0, 0.05) is 5.39 Å². The minimum atomic E-state index is 0.267. The lowest BCUT2D eigenvalue weighted by Crippen LogP contribution is -1.91. The van der Waals surface area contributed by atoms with E-state index in [1.165, 1.54) is 0 Å². The number of hydrogen-bond donors (Lipinski definition) is 1. The van der Waals surface area contributed by atoms with Gasteiger partial charge in [0.1, 0.15) is 6.33 Å². The van der Waals surface area contributed by atoms with Crippen LogP contribution in [-0.2, 0) is 0 Å². The molecule has 0 bridgehead atoms. The van der Waals surface area contributed by atoms with Crippen LogP contribution in [-0.4, -0.2) is 19.6 Å². The van der Waals surface area contributed by atoms with Gasteiger partial charge in [-0.25, -0.2) is 4.98 Å². The molecule has 1 aromatic carbocycles. The number of nitrogens with two attached hydrogens (primary N) is 1. The van der Waals surface area contributed by atoms with Crippen molar-refractivity contribution < 1.29 is 0 Å². The quantitative estimate of drug-likeness (QED) is 0.564. The Labute approximate surface area is 79.2 Å². The molecule has 0 saturated carbocycles. The van der Waals surface area contributed by atoms with Gasteiger partial charge in [-0.3, -0.25) is 0 Å². The summed E-state index contributed by atoms with van der Waals surface area (Å²) in [5.74, 6) is 0.267. The summed E-state index contributed by atoms with van der Waals surface area (Å²) in [5, 5.41) is 4.94. The molecule has 2 aromatic heterocycles. The number of hydrogen-bond acceptors (Lipinski definition) is 4. The van der Waals surface area contributed by atoms with E-state index in [9.17, 15) is 0 Å². The Kier molecular flexibility index (Phi) is 1.25. The van der Waals surface area contributed by atoms with E-state index < -0.39 is 0 Å². The van der Waals surface area contributed by atoms with Crippen LogP contribution in [0.2, 0.25) is 0 Å². The van der Waals surface area contributed by atoms with E-state index in [1.807, 2.05) is 24.3 Å². The molecule has 0 aliphatic carbocycles. The molecule has 3 rings (SSSR count). The predicted octanol–water partition coefficient (Wildman–Crippen LogP) is 0.860. The highest BCUT2D eigenvalue weighted by atomic mass is 15.3. The third-order valence-electron chi connectivity index (χ3n) is 2.10. The molecule has 2 N–H and O–H groups in total. The van der Waals surface area contributed by atoms with Crippen LogP contribution in [0.15, 0.2) is 30.6 Å². The fourth-order valence-electron chi connectivity index (χ4n) is 1.50. The number of nitrogens with zero attached hydrogens (tertiary/aromatic N) is 4. The van der Waals surface area contributed by atoms with Gasteiger partial charge in [0.15, 0.2) is 5.65 Å². The molecule has 0 atom stereocenters. The van der Waals surface area contributed by atoms with Crippen LogP contribution < -0.4 is 5.73 Å². The summed E-state index contributed by atoms with van der Waals surface area (Å²) in [6.45, 7) is 0. The number of nitrogen functional groups attached to an aromatic ring is 1. The van der Waals surface area contributed by atoms with E-state index >= 15 is 0 Å². The second-order valence-corrected chi connectivity index (χ2v) is 3.00. The molecule has 0 unspecified atom stereocenters. The zero-order chi connectivity index (χ0) is 9.54. The maximum absolute atomic E-state index is 5.51. The molecule has 0 saturated heterocycles. The van der Waals surface area contributed by atoms with Crippen LogP contribution in [0, 0.1) is 0 Å². The highest BCUT2D eigenvalue weighted by molar-refractivity contribution is 5.90. The van der Waals surface area contributed by atoms with Gasteiger partial charge < -0.3 is 5.73 Å². The molecule has 0 amide bonds. The summed E-state index contributed by atoms with van der Waals surface area (Å²) in [6.07, 6.45) is 1.61. The van der Waals surface area contributed by atoms with Crippen molar-refractivity contribution in [3.8, 4) is 0 Å². The molecule has 0 radical (unpaired) electrons. The molecule has 0 aliphatic rings. The lowest BCUT2D eigenvalue weighted by molar-refractivity contribution is 0.940. The fourth-order valence-corrected chi connectivity index (χ4v) is 1.50. The summed E-state index contributed by atoms with van der Waals surface area (Å²) in [5.41, 5.74) is 7.15. The number of aromatic nitrogens is 4. The van der Waals surface area contributed by atoms with Crippen molar-refractivity contribution >= 4 is 22.5 Å². The minimum Gasteiger partial charge on any atom is -0.366 e. The van der Waals surface area contributed by atoms with Gasteiger partial charge in [0.2, 0.25) is 5.95 Å². The first kappa shape index (κ1) is 7.25. The van der Waals surface area contributed by atoms with Crippen molar-refractivity contribution in [3.63, 3.8) is 0 Å². The average molecular weight is 185 g/mol. The van der Waals surface area contributed by atoms with Crippen LogP contribution in [0.4, 0.5) is 5.95 Å². The largest absolute Gasteiger partial charge is 0.366 e. The zero-order valence-corrected chi connectivity index (χ0v) is 7.25.